The molecular weight excluding hydrogens is 429 g/mol. The molecule has 5 atom stereocenters. The van der Waals surface area contributed by atoms with Gasteiger partial charge in [0, 0.05) is 20.8 Å². The summed E-state index contributed by atoms with van der Waals surface area (Å²) < 4.78 is 24.3. The third-order valence-corrected chi connectivity index (χ3v) is 3.91. The number of carbonyl (C=O) groups is 3. The molecule has 12 heteroatoms. The molecule has 0 radical (unpaired) electrons. The molecular formula is C15H20Cl3NO8. The van der Waals surface area contributed by atoms with Crippen LogP contribution in [0.4, 0.5) is 0 Å². The number of rotatable bonds is 5. The average Bonchev–Trinajstić information content (AvgIpc) is 2.50. The summed E-state index contributed by atoms with van der Waals surface area (Å²) in [6, 6.07) is 0. The zero-order chi connectivity index (χ0) is 20.9. The number of hydrogen-bond acceptors (Lipinski definition) is 9. The summed E-state index contributed by atoms with van der Waals surface area (Å²) in [5.41, 5.74) is 0. The van der Waals surface area contributed by atoms with Crippen molar-refractivity contribution < 1.29 is 38.1 Å². The van der Waals surface area contributed by atoms with Crippen LogP contribution in [0.5, 0.6) is 0 Å². The van der Waals surface area contributed by atoms with Gasteiger partial charge < -0.3 is 23.7 Å². The van der Waals surface area contributed by atoms with Gasteiger partial charge in [0.15, 0.2) is 12.2 Å². The van der Waals surface area contributed by atoms with E-state index in [4.69, 9.17) is 63.9 Å². The smallest absolute Gasteiger partial charge is 0.303 e. The first-order chi connectivity index (χ1) is 12.4. The normalized spacial score (nSPS) is 28.0. The van der Waals surface area contributed by atoms with E-state index >= 15 is 0 Å². The number of ether oxygens (including phenoxy) is 5. The first-order valence-corrected chi connectivity index (χ1v) is 8.99. The van der Waals surface area contributed by atoms with Gasteiger partial charge in [-0.05, 0) is 6.42 Å². The molecule has 0 aromatic heterocycles. The fourth-order valence-corrected chi connectivity index (χ4v) is 2.60. The van der Waals surface area contributed by atoms with Gasteiger partial charge in [-0.2, -0.15) is 0 Å². The van der Waals surface area contributed by atoms with E-state index in [2.05, 4.69) is 0 Å². The summed E-state index contributed by atoms with van der Waals surface area (Å²) in [7, 11) is 0. The predicted octanol–water partition coefficient (Wildman–Crippen LogP) is 2.28. The monoisotopic (exact) mass is 447 g/mol. The topological polar surface area (TPSA) is 121 Å². The summed E-state index contributed by atoms with van der Waals surface area (Å²) in [5, 5.41) is 7.71. The van der Waals surface area contributed by atoms with Crippen LogP contribution in [0.25, 0.3) is 0 Å². The van der Waals surface area contributed by atoms with E-state index in [0.717, 1.165) is 13.8 Å². The average molecular weight is 449 g/mol. The van der Waals surface area contributed by atoms with Crippen molar-refractivity contribution in [2.75, 3.05) is 0 Å². The van der Waals surface area contributed by atoms with E-state index in [9.17, 15) is 14.4 Å². The lowest BCUT2D eigenvalue weighted by Gasteiger charge is -2.44. The van der Waals surface area contributed by atoms with Gasteiger partial charge in [0.1, 0.15) is 6.10 Å². The summed E-state index contributed by atoms with van der Waals surface area (Å²) >= 11 is 16.8. The highest BCUT2D eigenvalue weighted by Crippen LogP contribution is 2.34. The SMILES string of the molecule is CCC1OC(OC(=N)C(Cl)(Cl)Cl)C(OC(C)=O)C(OC(C)=O)C1OC(C)=O. The van der Waals surface area contributed by atoms with Crippen molar-refractivity contribution in [2.45, 2.75) is 68.6 Å². The summed E-state index contributed by atoms with van der Waals surface area (Å²) in [5.74, 6) is -2.93. The third-order valence-electron chi connectivity index (χ3n) is 3.39. The number of hydrogen-bond donors (Lipinski definition) is 1. The minimum Gasteiger partial charge on any atom is -0.456 e. The number of alkyl halides is 3. The fraction of sp³-hybridized carbons (Fsp3) is 0.733. The molecule has 1 aliphatic heterocycles. The van der Waals surface area contributed by atoms with E-state index in [1.807, 2.05) is 0 Å². The summed E-state index contributed by atoms with van der Waals surface area (Å²) in [4.78, 5) is 34.6. The number of esters is 3. The molecule has 0 aromatic rings. The lowest BCUT2D eigenvalue weighted by molar-refractivity contribution is -0.287. The molecule has 27 heavy (non-hydrogen) atoms. The van der Waals surface area contributed by atoms with Crippen molar-refractivity contribution in [3.8, 4) is 0 Å². The van der Waals surface area contributed by atoms with Gasteiger partial charge in [-0.3, -0.25) is 19.8 Å². The van der Waals surface area contributed by atoms with Crippen LogP contribution in [0.1, 0.15) is 34.1 Å². The van der Waals surface area contributed by atoms with Gasteiger partial charge in [0.05, 0.1) is 0 Å². The van der Waals surface area contributed by atoms with Crippen LogP contribution in [-0.2, 0) is 38.1 Å². The maximum Gasteiger partial charge on any atom is 0.303 e. The van der Waals surface area contributed by atoms with Gasteiger partial charge >= 0.3 is 17.9 Å². The van der Waals surface area contributed by atoms with Gasteiger partial charge in [-0.25, -0.2) is 0 Å². The second kappa shape index (κ2) is 9.77. The fourth-order valence-electron chi connectivity index (χ4n) is 2.46. The van der Waals surface area contributed by atoms with Crippen LogP contribution in [0, 0.1) is 5.41 Å². The van der Waals surface area contributed by atoms with Crippen molar-refractivity contribution in [3.05, 3.63) is 0 Å². The van der Waals surface area contributed by atoms with Crippen molar-refractivity contribution in [3.63, 3.8) is 0 Å². The third kappa shape index (κ3) is 6.99. The Bertz CT molecular complexity index is 594. The van der Waals surface area contributed by atoms with Crippen LogP contribution in [0.15, 0.2) is 0 Å². The van der Waals surface area contributed by atoms with Crippen molar-refractivity contribution >= 4 is 58.6 Å². The Labute approximate surface area is 170 Å². The van der Waals surface area contributed by atoms with E-state index in [1.165, 1.54) is 6.92 Å². The summed E-state index contributed by atoms with van der Waals surface area (Å²) in [6.45, 7) is 5.12. The maximum atomic E-state index is 11.6. The van der Waals surface area contributed by atoms with Gasteiger partial charge in [-0.15, -0.1) is 0 Å². The molecule has 0 amide bonds. The van der Waals surface area contributed by atoms with Gasteiger partial charge in [0.25, 0.3) is 3.79 Å². The van der Waals surface area contributed by atoms with Crippen LogP contribution in [0.3, 0.4) is 0 Å². The molecule has 1 aliphatic rings. The lowest BCUT2D eigenvalue weighted by atomic mass is 9.96. The first kappa shape index (κ1) is 23.7. The molecule has 0 bridgehead atoms. The Morgan fingerprint density at radius 1 is 0.889 bits per heavy atom. The molecule has 0 aromatic carbocycles. The molecule has 1 rings (SSSR count). The Hall–Kier alpha value is -1.29. The van der Waals surface area contributed by atoms with E-state index in [-0.39, 0.29) is 0 Å². The number of halogens is 3. The molecule has 1 N–H and O–H groups in total. The molecule has 1 saturated heterocycles. The van der Waals surface area contributed by atoms with Crippen LogP contribution >= 0.6 is 34.8 Å². The molecule has 1 fully saturated rings. The first-order valence-electron chi connectivity index (χ1n) is 7.86. The van der Waals surface area contributed by atoms with Gasteiger partial charge in [0.2, 0.25) is 18.3 Å². The Morgan fingerprint density at radius 2 is 1.33 bits per heavy atom. The Morgan fingerprint density at radius 3 is 1.74 bits per heavy atom. The van der Waals surface area contributed by atoms with Crippen LogP contribution in [-0.4, -0.2) is 58.3 Å². The quantitative estimate of drug-likeness (QED) is 0.223. The molecule has 154 valence electrons. The minimum absolute atomic E-state index is 0.309. The van der Waals surface area contributed by atoms with E-state index in [1.54, 1.807) is 6.92 Å². The molecule has 5 unspecified atom stereocenters. The Kier molecular flexibility index (Phi) is 8.59. The highest BCUT2D eigenvalue weighted by molar-refractivity contribution is 6.76. The molecule has 0 aliphatic carbocycles. The largest absolute Gasteiger partial charge is 0.456 e. The van der Waals surface area contributed by atoms with Gasteiger partial charge in [-0.1, -0.05) is 41.7 Å². The van der Waals surface area contributed by atoms with E-state index < -0.39 is 58.3 Å². The van der Waals surface area contributed by atoms with E-state index in [0.29, 0.717) is 6.42 Å². The highest BCUT2D eigenvalue weighted by Gasteiger charge is 2.53. The molecule has 0 spiro atoms. The standard InChI is InChI=1S/C15H20Cl3NO8/c1-5-9-10(23-6(2)20)11(24-7(3)21)12(25-8(4)22)13(26-9)27-14(19)15(16,17)18/h9-13,19H,5H2,1-4H3. The molecule has 0 saturated carbocycles. The lowest BCUT2D eigenvalue weighted by Crippen LogP contribution is -2.62. The van der Waals surface area contributed by atoms with Crippen LogP contribution in [0.2, 0.25) is 0 Å². The number of nitrogens with one attached hydrogen (secondary N) is 1. The maximum absolute atomic E-state index is 11.6. The van der Waals surface area contributed by atoms with Crippen molar-refractivity contribution in [2.24, 2.45) is 0 Å². The molecule has 9 nitrogen and oxygen atoms in total. The highest BCUT2D eigenvalue weighted by atomic mass is 35.6. The van der Waals surface area contributed by atoms with Crippen molar-refractivity contribution in [1.82, 2.24) is 0 Å². The second-order valence-corrected chi connectivity index (χ2v) is 7.90. The summed E-state index contributed by atoms with van der Waals surface area (Å²) in [6.07, 6.45) is -5.67. The van der Waals surface area contributed by atoms with Crippen molar-refractivity contribution in [1.29, 1.82) is 5.41 Å². The number of carbonyl (C=O) groups excluding carboxylic acids is 3. The second-order valence-electron chi connectivity index (χ2n) is 5.62. The zero-order valence-electron chi connectivity index (χ0n) is 15.0. The van der Waals surface area contributed by atoms with Crippen LogP contribution < -0.4 is 0 Å². The zero-order valence-corrected chi connectivity index (χ0v) is 17.3. The minimum atomic E-state index is -2.20. The molecule has 1 heterocycles. The Balaban J connectivity index is 3.28. The predicted molar refractivity (Wildman–Crippen MR) is 94.7 cm³/mol.